The van der Waals surface area contributed by atoms with E-state index in [0.29, 0.717) is 4.83 Å². The van der Waals surface area contributed by atoms with E-state index in [0.717, 1.165) is 12.1 Å². The van der Waals surface area contributed by atoms with Crippen molar-refractivity contribution in [3.63, 3.8) is 0 Å². The summed E-state index contributed by atoms with van der Waals surface area (Å²) < 4.78 is 0. The number of aromatic nitrogens is 1. The van der Waals surface area contributed by atoms with Crippen LogP contribution in [-0.2, 0) is 6.42 Å². The smallest absolute Gasteiger partial charge is 0.0414 e. The van der Waals surface area contributed by atoms with E-state index in [-0.39, 0.29) is 5.41 Å². The molecule has 0 aromatic carbocycles. The largest absolute Gasteiger partial charge is 0.261 e. The van der Waals surface area contributed by atoms with Gasteiger partial charge in [0.2, 0.25) is 0 Å². The normalized spacial score (nSPS) is 14.2. The second kappa shape index (κ2) is 4.23. The van der Waals surface area contributed by atoms with Crippen molar-refractivity contribution in [3.8, 4) is 0 Å². The average Bonchev–Trinajstić information content (AvgIpc) is 2.04. The van der Waals surface area contributed by atoms with Gasteiger partial charge < -0.3 is 0 Å². The molecule has 1 aromatic heterocycles. The van der Waals surface area contributed by atoms with Crippen molar-refractivity contribution in [1.29, 1.82) is 0 Å². The number of nitrogens with zero attached hydrogens (tertiary/aromatic N) is 1. The van der Waals surface area contributed by atoms with Gasteiger partial charge >= 0.3 is 0 Å². The van der Waals surface area contributed by atoms with E-state index in [1.807, 2.05) is 18.3 Å². The van der Waals surface area contributed by atoms with E-state index in [2.05, 4.69) is 47.8 Å². The van der Waals surface area contributed by atoms with Crippen molar-refractivity contribution >= 4 is 15.9 Å². The number of alkyl halides is 1. The Bertz CT molecular complexity index is 251. The van der Waals surface area contributed by atoms with E-state index in [9.17, 15) is 0 Å². The lowest BCUT2D eigenvalue weighted by Crippen LogP contribution is -2.22. The molecule has 0 spiro atoms. The van der Waals surface area contributed by atoms with Gasteiger partial charge in [0.05, 0.1) is 0 Å². The summed E-state index contributed by atoms with van der Waals surface area (Å²) in [5, 5.41) is 0. The van der Waals surface area contributed by atoms with Crippen LogP contribution in [0.3, 0.4) is 0 Å². The predicted molar refractivity (Wildman–Crippen MR) is 60.1 cm³/mol. The van der Waals surface area contributed by atoms with Crippen molar-refractivity contribution in [2.45, 2.75) is 32.0 Å². The van der Waals surface area contributed by atoms with Gasteiger partial charge in [0.25, 0.3) is 0 Å². The fourth-order valence-corrected chi connectivity index (χ4v) is 1.34. The van der Waals surface area contributed by atoms with Gasteiger partial charge in [-0.1, -0.05) is 42.8 Å². The van der Waals surface area contributed by atoms with E-state index < -0.39 is 0 Å². The number of hydrogen-bond acceptors (Lipinski definition) is 1. The molecule has 0 amide bonds. The molecule has 0 fully saturated rings. The van der Waals surface area contributed by atoms with Crippen molar-refractivity contribution in [2.24, 2.45) is 5.41 Å². The van der Waals surface area contributed by atoms with Gasteiger partial charge in [-0.05, 0) is 17.5 Å². The minimum absolute atomic E-state index is 0.289. The Hall–Kier alpha value is -0.370. The summed E-state index contributed by atoms with van der Waals surface area (Å²) in [6.07, 6.45) is 2.84. The highest BCUT2D eigenvalue weighted by Crippen LogP contribution is 2.28. The van der Waals surface area contributed by atoms with Gasteiger partial charge in [0, 0.05) is 23.1 Å². The first-order chi connectivity index (χ1) is 6.00. The molecule has 1 atom stereocenters. The van der Waals surface area contributed by atoms with Crippen LogP contribution >= 0.6 is 15.9 Å². The molecule has 0 radical (unpaired) electrons. The molecule has 1 aromatic rings. The molecular formula is C11H16BrN. The molecule has 0 aliphatic heterocycles. The molecular weight excluding hydrogens is 226 g/mol. The van der Waals surface area contributed by atoms with Crippen molar-refractivity contribution in [1.82, 2.24) is 4.98 Å². The summed E-state index contributed by atoms with van der Waals surface area (Å²) >= 11 is 3.70. The first-order valence-electron chi connectivity index (χ1n) is 4.54. The fraction of sp³-hybridized carbons (Fsp3) is 0.545. The van der Waals surface area contributed by atoms with Crippen LogP contribution in [0.25, 0.3) is 0 Å². The summed E-state index contributed by atoms with van der Waals surface area (Å²) in [7, 11) is 0. The Kier molecular flexibility index (Phi) is 3.48. The molecule has 1 unspecified atom stereocenters. The molecule has 0 N–H and O–H groups in total. The van der Waals surface area contributed by atoms with Crippen LogP contribution in [0.15, 0.2) is 24.4 Å². The SMILES string of the molecule is CC(C)(C)C(Br)Cc1ccccn1. The summed E-state index contributed by atoms with van der Waals surface area (Å²) in [5.41, 5.74) is 1.44. The zero-order valence-electron chi connectivity index (χ0n) is 8.42. The minimum Gasteiger partial charge on any atom is -0.261 e. The van der Waals surface area contributed by atoms with E-state index in [1.165, 1.54) is 0 Å². The number of rotatable bonds is 2. The lowest BCUT2D eigenvalue weighted by molar-refractivity contribution is 0.396. The molecule has 1 rings (SSSR count). The van der Waals surface area contributed by atoms with Gasteiger partial charge in [0.1, 0.15) is 0 Å². The minimum atomic E-state index is 0.289. The molecule has 0 aliphatic carbocycles. The highest BCUT2D eigenvalue weighted by Gasteiger charge is 2.21. The molecule has 0 bridgehead atoms. The van der Waals surface area contributed by atoms with Crippen LogP contribution < -0.4 is 0 Å². The zero-order chi connectivity index (χ0) is 9.90. The lowest BCUT2D eigenvalue weighted by Gasteiger charge is -2.25. The maximum absolute atomic E-state index is 4.30. The van der Waals surface area contributed by atoms with Crippen LogP contribution in [0, 0.1) is 5.41 Å². The quantitative estimate of drug-likeness (QED) is 0.724. The summed E-state index contributed by atoms with van der Waals surface area (Å²) in [6.45, 7) is 6.69. The molecule has 0 saturated heterocycles. The second-order valence-electron chi connectivity index (χ2n) is 4.36. The van der Waals surface area contributed by atoms with Gasteiger partial charge in [-0.3, -0.25) is 4.98 Å². The van der Waals surface area contributed by atoms with Crippen molar-refractivity contribution in [2.75, 3.05) is 0 Å². The van der Waals surface area contributed by atoms with Gasteiger partial charge in [0.15, 0.2) is 0 Å². The lowest BCUT2D eigenvalue weighted by atomic mass is 9.89. The summed E-state index contributed by atoms with van der Waals surface area (Å²) in [4.78, 5) is 4.78. The van der Waals surface area contributed by atoms with Crippen LogP contribution in [0.1, 0.15) is 26.5 Å². The van der Waals surface area contributed by atoms with Crippen molar-refractivity contribution in [3.05, 3.63) is 30.1 Å². The average molecular weight is 242 g/mol. The first kappa shape index (κ1) is 10.7. The molecule has 0 aliphatic rings. The third-order valence-electron chi connectivity index (χ3n) is 2.05. The number of halogens is 1. The maximum Gasteiger partial charge on any atom is 0.0414 e. The van der Waals surface area contributed by atoms with E-state index in [1.54, 1.807) is 0 Å². The third kappa shape index (κ3) is 3.47. The van der Waals surface area contributed by atoms with E-state index >= 15 is 0 Å². The highest BCUT2D eigenvalue weighted by atomic mass is 79.9. The molecule has 0 saturated carbocycles. The Labute approximate surface area is 88.7 Å². The van der Waals surface area contributed by atoms with Gasteiger partial charge in [-0.2, -0.15) is 0 Å². The highest BCUT2D eigenvalue weighted by molar-refractivity contribution is 9.09. The standard InChI is InChI=1S/C11H16BrN/c1-11(2,3)10(12)8-9-6-4-5-7-13-9/h4-7,10H,8H2,1-3H3. The van der Waals surface area contributed by atoms with E-state index in [4.69, 9.17) is 0 Å². The second-order valence-corrected chi connectivity index (χ2v) is 5.46. The Balaban J connectivity index is 2.61. The first-order valence-corrected chi connectivity index (χ1v) is 5.45. The van der Waals surface area contributed by atoms with Gasteiger partial charge in [-0.15, -0.1) is 0 Å². The van der Waals surface area contributed by atoms with Crippen molar-refractivity contribution < 1.29 is 0 Å². The number of hydrogen-bond donors (Lipinski definition) is 0. The monoisotopic (exact) mass is 241 g/mol. The van der Waals surface area contributed by atoms with Crippen LogP contribution in [-0.4, -0.2) is 9.81 Å². The zero-order valence-corrected chi connectivity index (χ0v) is 10.0. The van der Waals surface area contributed by atoms with Crippen LogP contribution in [0.5, 0.6) is 0 Å². The fourth-order valence-electron chi connectivity index (χ4n) is 1.01. The molecule has 13 heavy (non-hydrogen) atoms. The predicted octanol–water partition coefficient (Wildman–Crippen LogP) is 3.43. The van der Waals surface area contributed by atoms with Gasteiger partial charge in [-0.25, -0.2) is 0 Å². The molecule has 72 valence electrons. The summed E-state index contributed by atoms with van der Waals surface area (Å²) in [6, 6.07) is 6.05. The maximum atomic E-state index is 4.30. The third-order valence-corrected chi connectivity index (χ3v) is 3.75. The number of pyridine rings is 1. The van der Waals surface area contributed by atoms with Crippen LogP contribution in [0.2, 0.25) is 0 Å². The summed E-state index contributed by atoms with van der Waals surface area (Å²) in [5.74, 6) is 0. The Morgan fingerprint density at radius 1 is 1.38 bits per heavy atom. The molecule has 2 heteroatoms. The molecule has 1 nitrogen and oxygen atoms in total. The molecule has 1 heterocycles. The topological polar surface area (TPSA) is 12.9 Å². The Morgan fingerprint density at radius 3 is 2.54 bits per heavy atom. The van der Waals surface area contributed by atoms with Crippen LogP contribution in [0.4, 0.5) is 0 Å². The Morgan fingerprint density at radius 2 is 2.08 bits per heavy atom.